The molecule has 2 rings (SSSR count). The molecule has 0 bridgehead atoms. The van der Waals surface area contributed by atoms with Crippen molar-refractivity contribution in [1.82, 2.24) is 5.32 Å². The Labute approximate surface area is 135 Å². The molecule has 1 saturated heterocycles. The summed E-state index contributed by atoms with van der Waals surface area (Å²) in [6.45, 7) is 10.9. The summed E-state index contributed by atoms with van der Waals surface area (Å²) in [5.41, 5.74) is 6.75. The molecule has 0 unspecified atom stereocenters. The number of hydrogen-bond donors (Lipinski definition) is 1. The van der Waals surface area contributed by atoms with Gasteiger partial charge in [0.25, 0.3) is 0 Å². The Hall–Kier alpha value is -1.60. The quantitative estimate of drug-likeness (QED) is 0.646. The Morgan fingerprint density at radius 3 is 2.82 bits per heavy atom. The minimum absolute atomic E-state index is 1.01. The van der Waals surface area contributed by atoms with Gasteiger partial charge in [0.2, 0.25) is 0 Å². The third-order valence-electron chi connectivity index (χ3n) is 4.20. The molecule has 0 spiro atoms. The second kappa shape index (κ2) is 8.75. The van der Waals surface area contributed by atoms with Crippen molar-refractivity contribution >= 4 is 0 Å². The summed E-state index contributed by atoms with van der Waals surface area (Å²) < 4.78 is 0. The van der Waals surface area contributed by atoms with Crippen LogP contribution in [0.1, 0.15) is 46.0 Å². The van der Waals surface area contributed by atoms with E-state index in [4.69, 9.17) is 0 Å². The van der Waals surface area contributed by atoms with Crippen molar-refractivity contribution in [2.75, 3.05) is 13.1 Å². The van der Waals surface area contributed by atoms with Crippen molar-refractivity contribution in [1.29, 1.82) is 0 Å². The Balaban J connectivity index is 2.10. The molecule has 0 atom stereocenters. The first kappa shape index (κ1) is 16.8. The maximum Gasteiger partial charge on any atom is -0.00113 e. The van der Waals surface area contributed by atoms with Crippen molar-refractivity contribution in [3.05, 3.63) is 70.9 Å². The first-order valence-corrected chi connectivity index (χ1v) is 8.54. The fourth-order valence-electron chi connectivity index (χ4n) is 2.93. The van der Waals surface area contributed by atoms with E-state index in [2.05, 4.69) is 62.2 Å². The molecular weight excluding hydrogens is 266 g/mol. The lowest BCUT2D eigenvalue weighted by atomic mass is 9.97. The summed E-state index contributed by atoms with van der Waals surface area (Å²) >= 11 is 0. The highest BCUT2D eigenvalue weighted by Gasteiger charge is 2.11. The first-order valence-electron chi connectivity index (χ1n) is 8.54. The Morgan fingerprint density at radius 2 is 2.09 bits per heavy atom. The molecular formula is C21H29N. The van der Waals surface area contributed by atoms with Gasteiger partial charge in [-0.15, -0.1) is 0 Å². The first-order chi connectivity index (χ1) is 10.7. The summed E-state index contributed by atoms with van der Waals surface area (Å²) in [6.07, 6.45) is 19.3. The van der Waals surface area contributed by atoms with Gasteiger partial charge >= 0.3 is 0 Å². The van der Waals surface area contributed by atoms with E-state index in [1.165, 1.54) is 36.0 Å². The van der Waals surface area contributed by atoms with Crippen molar-refractivity contribution in [2.45, 2.75) is 46.0 Å². The van der Waals surface area contributed by atoms with Gasteiger partial charge in [-0.3, -0.25) is 0 Å². The zero-order valence-electron chi connectivity index (χ0n) is 14.1. The lowest BCUT2D eigenvalue weighted by molar-refractivity contribution is 0.609. The molecule has 118 valence electrons. The van der Waals surface area contributed by atoms with E-state index < -0.39 is 0 Å². The van der Waals surface area contributed by atoms with E-state index in [1.807, 2.05) is 0 Å². The van der Waals surface area contributed by atoms with Crippen molar-refractivity contribution in [3.63, 3.8) is 0 Å². The summed E-state index contributed by atoms with van der Waals surface area (Å²) in [5.74, 6) is 0. The highest BCUT2D eigenvalue weighted by molar-refractivity contribution is 5.55. The predicted molar refractivity (Wildman–Crippen MR) is 97.9 cm³/mol. The molecule has 1 aliphatic heterocycles. The van der Waals surface area contributed by atoms with Crippen LogP contribution in [0.2, 0.25) is 0 Å². The largest absolute Gasteiger partial charge is 0.316 e. The molecule has 0 radical (unpaired) electrons. The molecule has 1 N–H and O–H groups in total. The number of nitrogens with one attached hydrogen (secondary N) is 1. The fraction of sp³-hybridized carbons (Fsp3) is 0.429. The van der Waals surface area contributed by atoms with Crippen LogP contribution in [0.25, 0.3) is 0 Å². The standard InChI is InChI=1S/C21H29N/c1-4-5-6-8-17(2)15-18(3)21-10-7-9-20(21)16-19-11-13-22-14-12-19/h6-9,15-16,22H,3-5,10-14H2,1-2H3/b8-6-,17-15+. The maximum atomic E-state index is 4.30. The van der Waals surface area contributed by atoms with Gasteiger partial charge in [0.15, 0.2) is 0 Å². The van der Waals surface area contributed by atoms with Gasteiger partial charge in [0.05, 0.1) is 0 Å². The van der Waals surface area contributed by atoms with Crippen LogP contribution in [-0.2, 0) is 0 Å². The number of rotatable bonds is 6. The molecule has 22 heavy (non-hydrogen) atoms. The molecule has 0 aromatic heterocycles. The van der Waals surface area contributed by atoms with Gasteiger partial charge in [0.1, 0.15) is 0 Å². The minimum Gasteiger partial charge on any atom is -0.316 e. The zero-order valence-corrected chi connectivity index (χ0v) is 14.1. The highest BCUT2D eigenvalue weighted by Crippen LogP contribution is 2.29. The Kier molecular flexibility index (Phi) is 6.67. The fourth-order valence-corrected chi connectivity index (χ4v) is 2.93. The summed E-state index contributed by atoms with van der Waals surface area (Å²) in [6, 6.07) is 0. The van der Waals surface area contributed by atoms with Crippen LogP contribution in [0.3, 0.4) is 0 Å². The topological polar surface area (TPSA) is 12.0 Å². The highest BCUT2D eigenvalue weighted by atomic mass is 14.9. The molecule has 0 amide bonds. The van der Waals surface area contributed by atoms with E-state index in [9.17, 15) is 0 Å². The molecule has 0 saturated carbocycles. The molecule has 1 fully saturated rings. The van der Waals surface area contributed by atoms with Crippen LogP contribution in [0.4, 0.5) is 0 Å². The average molecular weight is 295 g/mol. The van der Waals surface area contributed by atoms with E-state index in [-0.39, 0.29) is 0 Å². The Morgan fingerprint density at radius 1 is 1.32 bits per heavy atom. The third-order valence-corrected chi connectivity index (χ3v) is 4.20. The van der Waals surface area contributed by atoms with E-state index in [0.29, 0.717) is 0 Å². The minimum atomic E-state index is 1.01. The van der Waals surface area contributed by atoms with E-state index in [1.54, 1.807) is 5.57 Å². The lowest BCUT2D eigenvalue weighted by Gasteiger charge is -2.16. The summed E-state index contributed by atoms with van der Waals surface area (Å²) in [4.78, 5) is 0. The van der Waals surface area contributed by atoms with Crippen LogP contribution in [0, 0.1) is 0 Å². The van der Waals surface area contributed by atoms with Crippen molar-refractivity contribution in [3.8, 4) is 0 Å². The number of unbranched alkanes of at least 4 members (excludes halogenated alkanes) is 1. The van der Waals surface area contributed by atoms with E-state index in [0.717, 1.165) is 31.5 Å². The molecule has 2 aliphatic rings. The van der Waals surface area contributed by atoms with Crippen molar-refractivity contribution in [2.24, 2.45) is 0 Å². The number of hydrogen-bond acceptors (Lipinski definition) is 1. The molecule has 0 aromatic rings. The number of allylic oxidation sites excluding steroid dienone is 10. The van der Waals surface area contributed by atoms with Crippen LogP contribution >= 0.6 is 0 Å². The van der Waals surface area contributed by atoms with Gasteiger partial charge in [0, 0.05) is 0 Å². The van der Waals surface area contributed by atoms with Crippen LogP contribution in [0.15, 0.2) is 70.9 Å². The van der Waals surface area contributed by atoms with E-state index >= 15 is 0 Å². The second-order valence-electron chi connectivity index (χ2n) is 6.20. The van der Waals surface area contributed by atoms with Crippen LogP contribution in [0.5, 0.6) is 0 Å². The smallest absolute Gasteiger partial charge is 0.00113 e. The van der Waals surface area contributed by atoms with Gasteiger partial charge < -0.3 is 5.32 Å². The molecule has 1 aliphatic carbocycles. The lowest BCUT2D eigenvalue weighted by Crippen LogP contribution is -2.23. The summed E-state index contributed by atoms with van der Waals surface area (Å²) in [5, 5.41) is 3.41. The van der Waals surface area contributed by atoms with Crippen LogP contribution < -0.4 is 5.32 Å². The monoisotopic (exact) mass is 295 g/mol. The molecule has 1 heterocycles. The third kappa shape index (κ3) is 4.99. The Bertz CT molecular complexity index is 544. The predicted octanol–water partition coefficient (Wildman–Crippen LogP) is 5.41. The summed E-state index contributed by atoms with van der Waals surface area (Å²) in [7, 11) is 0. The normalized spacial score (nSPS) is 19.4. The zero-order chi connectivity index (χ0) is 15.8. The molecule has 0 aromatic carbocycles. The molecule has 1 heteroatoms. The average Bonchev–Trinajstić information content (AvgIpc) is 2.97. The van der Waals surface area contributed by atoms with Crippen LogP contribution in [-0.4, -0.2) is 13.1 Å². The van der Waals surface area contributed by atoms with Gasteiger partial charge in [-0.1, -0.05) is 67.5 Å². The maximum absolute atomic E-state index is 4.30. The molecule has 1 nitrogen and oxygen atoms in total. The van der Waals surface area contributed by atoms with Gasteiger partial charge in [-0.2, -0.15) is 0 Å². The number of piperidine rings is 1. The SMILES string of the molecule is C=C(/C=C(C)/C=C\CCC)C1=C(C=C2CCNCC2)C=CC1. The van der Waals surface area contributed by atoms with Gasteiger partial charge in [-0.25, -0.2) is 0 Å². The van der Waals surface area contributed by atoms with Crippen molar-refractivity contribution < 1.29 is 0 Å². The second-order valence-corrected chi connectivity index (χ2v) is 6.20. The van der Waals surface area contributed by atoms with Gasteiger partial charge in [-0.05, 0) is 62.4 Å².